The molecule has 0 saturated carbocycles. The first-order chi connectivity index (χ1) is 13.7. The second-order valence-electron chi connectivity index (χ2n) is 6.60. The van der Waals surface area contributed by atoms with Crippen molar-refractivity contribution in [3.05, 3.63) is 50.4 Å². The number of carbonyl (C=O) groups excluding carboxylic acids is 1. The van der Waals surface area contributed by atoms with Crippen LogP contribution in [0.4, 0.5) is 22.0 Å². The number of alkyl halides is 3. The van der Waals surface area contributed by atoms with Crippen LogP contribution in [-0.4, -0.2) is 27.7 Å². The van der Waals surface area contributed by atoms with E-state index < -0.39 is 64.5 Å². The third-order valence-electron chi connectivity index (χ3n) is 3.45. The zero-order valence-electron chi connectivity index (χ0n) is 16.1. The maximum Gasteiger partial charge on any atom is 0.436 e. The smallest absolute Gasteiger partial charge is 0.436 e. The zero-order chi connectivity index (χ0) is 23.0. The van der Waals surface area contributed by atoms with Gasteiger partial charge in [-0.05, 0) is 39.8 Å². The number of hydrogen-bond donors (Lipinski definition) is 0. The number of carbonyl (C=O) groups is 1. The lowest BCUT2D eigenvalue weighted by atomic mass is 10.2. The van der Waals surface area contributed by atoms with Crippen LogP contribution in [0, 0.1) is 11.6 Å². The largest absolute Gasteiger partial charge is 0.462 e. The highest BCUT2D eigenvalue weighted by atomic mass is 35.5. The van der Waals surface area contributed by atoms with Gasteiger partial charge in [-0.25, -0.2) is 13.8 Å². The van der Waals surface area contributed by atoms with Crippen LogP contribution in [-0.2, 0) is 10.9 Å². The monoisotopic (exact) mass is 454 g/mol. The first kappa shape index (κ1) is 23.6. The first-order valence-corrected chi connectivity index (χ1v) is 8.88. The van der Waals surface area contributed by atoms with Crippen molar-refractivity contribution in [3.63, 3.8) is 0 Å². The van der Waals surface area contributed by atoms with Gasteiger partial charge in [-0.15, -0.1) is 0 Å². The van der Waals surface area contributed by atoms with E-state index in [0.717, 1.165) is 6.07 Å². The van der Waals surface area contributed by atoms with E-state index in [1.54, 1.807) is 0 Å². The van der Waals surface area contributed by atoms with E-state index in [9.17, 15) is 31.5 Å². The topological polar surface area (TPSA) is 70.4 Å². The number of esters is 1. The molecule has 2 aromatic rings. The molecule has 1 aromatic heterocycles. The number of hydrogen-bond acceptors (Lipinski definition) is 5. The van der Waals surface area contributed by atoms with Crippen molar-refractivity contribution in [2.24, 2.45) is 0 Å². The molecule has 30 heavy (non-hydrogen) atoms. The summed E-state index contributed by atoms with van der Waals surface area (Å²) in [6.45, 7) is 5.86. The summed E-state index contributed by atoms with van der Waals surface area (Å²) in [6.07, 6.45) is -6.69. The summed E-state index contributed by atoms with van der Waals surface area (Å²) in [5.74, 6) is -4.49. The number of nitrogens with zero attached hydrogens (tertiary/aromatic N) is 2. The molecule has 0 fully saturated rings. The third-order valence-corrected chi connectivity index (χ3v) is 3.76. The van der Waals surface area contributed by atoms with Gasteiger partial charge in [-0.1, -0.05) is 11.6 Å². The summed E-state index contributed by atoms with van der Waals surface area (Å²) < 4.78 is 78.1. The molecular weight excluding hydrogens is 439 g/mol. The Morgan fingerprint density at radius 3 is 2.23 bits per heavy atom. The highest BCUT2D eigenvalue weighted by molar-refractivity contribution is 6.33. The van der Waals surface area contributed by atoms with Gasteiger partial charge in [0.2, 0.25) is 5.82 Å². The van der Waals surface area contributed by atoms with Gasteiger partial charge in [0, 0.05) is 0 Å². The summed E-state index contributed by atoms with van der Waals surface area (Å²) in [5.41, 5.74) is -5.19. The minimum absolute atomic E-state index is 0.155. The van der Waals surface area contributed by atoms with Crippen LogP contribution in [0.1, 0.15) is 43.7 Å². The molecule has 0 bridgehead atoms. The standard InChI is InChI=1S/C18H16ClF5N2O4/c1-7(2)29-16(28)9-5-12(11(20)6-10(9)19)26-15(27)13(21)14(18(22,23)24)25-17(26)30-8(3)4/h5-8H,1-4H3. The lowest BCUT2D eigenvalue weighted by Gasteiger charge is -2.18. The second kappa shape index (κ2) is 8.58. The zero-order valence-corrected chi connectivity index (χ0v) is 16.9. The Balaban J connectivity index is 2.84. The van der Waals surface area contributed by atoms with E-state index in [1.165, 1.54) is 27.7 Å². The molecule has 0 aliphatic heterocycles. The van der Waals surface area contributed by atoms with E-state index in [2.05, 4.69) is 4.98 Å². The molecule has 0 N–H and O–H groups in total. The van der Waals surface area contributed by atoms with Gasteiger partial charge in [0.25, 0.3) is 5.56 Å². The maximum absolute atomic E-state index is 14.6. The Labute approximate surface area is 172 Å². The molecule has 1 heterocycles. The van der Waals surface area contributed by atoms with E-state index in [-0.39, 0.29) is 9.59 Å². The summed E-state index contributed by atoms with van der Waals surface area (Å²) in [5, 5.41) is -0.387. The minimum atomic E-state index is -5.30. The Morgan fingerprint density at radius 2 is 1.73 bits per heavy atom. The van der Waals surface area contributed by atoms with Crippen LogP contribution in [0.15, 0.2) is 16.9 Å². The van der Waals surface area contributed by atoms with Crippen LogP contribution in [0.5, 0.6) is 6.01 Å². The lowest BCUT2D eigenvalue weighted by Crippen LogP contribution is -2.31. The Morgan fingerprint density at radius 1 is 1.13 bits per heavy atom. The molecule has 6 nitrogen and oxygen atoms in total. The van der Waals surface area contributed by atoms with E-state index in [1.807, 2.05) is 0 Å². The van der Waals surface area contributed by atoms with Gasteiger partial charge >= 0.3 is 18.2 Å². The van der Waals surface area contributed by atoms with Gasteiger partial charge in [-0.2, -0.15) is 22.5 Å². The van der Waals surface area contributed by atoms with Crippen LogP contribution < -0.4 is 10.3 Å². The number of aromatic nitrogens is 2. The highest BCUT2D eigenvalue weighted by Gasteiger charge is 2.40. The van der Waals surface area contributed by atoms with E-state index >= 15 is 0 Å². The summed E-state index contributed by atoms with van der Waals surface area (Å²) >= 11 is 5.85. The average Bonchev–Trinajstić information content (AvgIpc) is 2.57. The molecule has 0 amide bonds. The van der Waals surface area contributed by atoms with Crippen molar-refractivity contribution in [1.82, 2.24) is 9.55 Å². The summed E-state index contributed by atoms with van der Waals surface area (Å²) in [6, 6.07) is 0.355. The Bertz CT molecular complexity index is 1030. The van der Waals surface area contributed by atoms with Crippen molar-refractivity contribution in [3.8, 4) is 11.7 Å². The summed E-state index contributed by atoms with van der Waals surface area (Å²) in [4.78, 5) is 27.6. The van der Waals surface area contributed by atoms with Crippen LogP contribution in [0.25, 0.3) is 5.69 Å². The molecule has 12 heteroatoms. The fourth-order valence-corrected chi connectivity index (χ4v) is 2.54. The van der Waals surface area contributed by atoms with E-state index in [0.29, 0.717) is 6.07 Å². The predicted molar refractivity (Wildman–Crippen MR) is 96.1 cm³/mol. The van der Waals surface area contributed by atoms with Crippen LogP contribution >= 0.6 is 11.6 Å². The van der Waals surface area contributed by atoms with Gasteiger partial charge in [0.05, 0.1) is 28.5 Å². The quantitative estimate of drug-likeness (QED) is 0.490. The number of rotatable bonds is 5. The van der Waals surface area contributed by atoms with Gasteiger partial charge in [-0.3, -0.25) is 4.79 Å². The third kappa shape index (κ3) is 4.89. The van der Waals surface area contributed by atoms with Crippen LogP contribution in [0.2, 0.25) is 5.02 Å². The summed E-state index contributed by atoms with van der Waals surface area (Å²) in [7, 11) is 0. The fourth-order valence-electron chi connectivity index (χ4n) is 2.31. The number of ether oxygens (including phenoxy) is 2. The molecule has 0 radical (unpaired) electrons. The lowest BCUT2D eigenvalue weighted by molar-refractivity contribution is -0.144. The molecule has 0 aliphatic rings. The van der Waals surface area contributed by atoms with Crippen molar-refractivity contribution in [1.29, 1.82) is 0 Å². The molecule has 0 atom stereocenters. The molecule has 164 valence electrons. The molecule has 0 saturated heterocycles. The Hall–Kier alpha value is -2.69. The van der Waals surface area contributed by atoms with Gasteiger partial charge in [0.1, 0.15) is 5.82 Å². The number of benzene rings is 1. The molecule has 0 aliphatic carbocycles. The van der Waals surface area contributed by atoms with Crippen molar-refractivity contribution in [2.75, 3.05) is 0 Å². The van der Waals surface area contributed by atoms with Crippen molar-refractivity contribution in [2.45, 2.75) is 46.1 Å². The first-order valence-electron chi connectivity index (χ1n) is 8.50. The molecule has 0 unspecified atom stereocenters. The predicted octanol–water partition coefficient (Wildman–Crippen LogP) is 4.54. The number of halogens is 6. The maximum atomic E-state index is 14.6. The molecular formula is C18H16ClF5N2O4. The second-order valence-corrected chi connectivity index (χ2v) is 7.01. The normalized spacial score (nSPS) is 11.9. The van der Waals surface area contributed by atoms with Crippen molar-refractivity contribution >= 4 is 17.6 Å². The average molecular weight is 455 g/mol. The molecule has 1 aromatic carbocycles. The fraction of sp³-hybridized carbons (Fsp3) is 0.389. The SMILES string of the molecule is CC(C)OC(=O)c1cc(-n2c(OC(C)C)nc(C(F)(F)F)c(F)c2=O)c(F)cc1Cl. The van der Waals surface area contributed by atoms with E-state index in [4.69, 9.17) is 21.1 Å². The van der Waals surface area contributed by atoms with Crippen molar-refractivity contribution < 1.29 is 36.2 Å². The minimum Gasteiger partial charge on any atom is -0.462 e. The van der Waals surface area contributed by atoms with Gasteiger partial charge < -0.3 is 9.47 Å². The van der Waals surface area contributed by atoms with Gasteiger partial charge in [0.15, 0.2) is 5.69 Å². The van der Waals surface area contributed by atoms with Crippen LogP contribution in [0.3, 0.4) is 0 Å². The molecule has 0 spiro atoms. The highest BCUT2D eigenvalue weighted by Crippen LogP contribution is 2.32. The Kier molecular flexibility index (Phi) is 6.75. The molecule has 2 rings (SSSR count).